The standard InChI is InChI=1S/C6H6.CH2N2OS/c1-2-4-6-5-3-1;2-1(4)3-5/h1-6H;(H2,2,4). The summed E-state index contributed by atoms with van der Waals surface area (Å²) in [6.07, 6.45) is 0. The summed E-state index contributed by atoms with van der Waals surface area (Å²) >= 11 is 3.83. The van der Waals surface area contributed by atoms with Crippen molar-refractivity contribution in [2.75, 3.05) is 0 Å². The van der Waals surface area contributed by atoms with Gasteiger partial charge >= 0.3 is 6.03 Å². The molecular weight excluding hydrogens is 160 g/mol. The van der Waals surface area contributed by atoms with Gasteiger partial charge in [-0.1, -0.05) is 36.4 Å². The first kappa shape index (κ1) is 9.71. The lowest BCUT2D eigenvalue weighted by Gasteiger charge is -1.69. The molecule has 0 heterocycles. The van der Waals surface area contributed by atoms with Gasteiger partial charge in [0, 0.05) is 12.4 Å². The van der Waals surface area contributed by atoms with Gasteiger partial charge in [-0.25, -0.2) is 4.79 Å². The molecule has 0 saturated carbocycles. The van der Waals surface area contributed by atoms with Crippen LogP contribution in [0.3, 0.4) is 0 Å². The molecule has 0 radical (unpaired) electrons. The molecule has 0 spiro atoms. The number of nitrogens with zero attached hydrogens (tertiary/aromatic N) is 1. The number of carbonyl (C=O) groups excluding carboxylic acids is 1. The van der Waals surface area contributed by atoms with E-state index in [2.05, 4.69) is 22.5 Å². The van der Waals surface area contributed by atoms with E-state index in [1.54, 1.807) is 0 Å². The Balaban J connectivity index is 0.000000187. The number of benzene rings is 1. The highest BCUT2D eigenvalue weighted by molar-refractivity contribution is 7.47. The highest BCUT2D eigenvalue weighted by Gasteiger charge is 1.73. The topological polar surface area (TPSA) is 55.5 Å². The van der Waals surface area contributed by atoms with Gasteiger partial charge in [0.25, 0.3) is 0 Å². The lowest BCUT2D eigenvalue weighted by molar-refractivity contribution is 0.257. The Morgan fingerprint density at radius 3 is 1.36 bits per heavy atom. The molecule has 0 fully saturated rings. The minimum absolute atomic E-state index is 0.806. The van der Waals surface area contributed by atoms with Crippen LogP contribution in [0.5, 0.6) is 0 Å². The molecule has 0 saturated heterocycles. The average molecular weight is 168 g/mol. The Hall–Kier alpha value is -1.29. The summed E-state index contributed by atoms with van der Waals surface area (Å²) in [7, 11) is 0. The maximum Gasteiger partial charge on any atom is 0.349 e. The van der Waals surface area contributed by atoms with Gasteiger partial charge in [-0.05, 0) is 0 Å². The number of hydrogen-bond donors (Lipinski definition) is 1. The van der Waals surface area contributed by atoms with Gasteiger partial charge in [-0.3, -0.25) is 0 Å². The van der Waals surface area contributed by atoms with Crippen LogP contribution >= 0.6 is 0 Å². The van der Waals surface area contributed by atoms with Gasteiger partial charge in [0.15, 0.2) is 0 Å². The molecule has 1 aromatic carbocycles. The number of hydrogen-bond acceptors (Lipinski definition) is 2. The molecule has 1 rings (SSSR count). The second-order valence-corrected chi connectivity index (χ2v) is 1.77. The van der Waals surface area contributed by atoms with E-state index in [9.17, 15) is 4.79 Å². The van der Waals surface area contributed by atoms with Crippen LogP contribution < -0.4 is 5.73 Å². The fourth-order valence-corrected chi connectivity index (χ4v) is 0.385. The van der Waals surface area contributed by atoms with Gasteiger partial charge in [0.05, 0.1) is 0 Å². The van der Waals surface area contributed by atoms with Crippen molar-refractivity contribution in [2.45, 2.75) is 0 Å². The third-order valence-corrected chi connectivity index (χ3v) is 0.937. The Kier molecular flexibility index (Phi) is 6.02. The third kappa shape index (κ3) is 8.71. The quantitative estimate of drug-likeness (QED) is 0.638. The maximum absolute atomic E-state index is 9.32. The predicted molar refractivity (Wildman–Crippen MR) is 45.8 cm³/mol. The normalized spacial score (nSPS) is 7.27. The van der Waals surface area contributed by atoms with Gasteiger partial charge in [-0.2, -0.15) is 0 Å². The first-order valence-corrected chi connectivity index (χ1v) is 3.26. The fraction of sp³-hybridized carbons (Fsp3) is 0. The van der Waals surface area contributed by atoms with Crippen molar-refractivity contribution in [3.63, 3.8) is 0 Å². The van der Waals surface area contributed by atoms with Crippen LogP contribution in [-0.2, 0) is 12.4 Å². The van der Waals surface area contributed by atoms with E-state index in [-0.39, 0.29) is 0 Å². The molecule has 11 heavy (non-hydrogen) atoms. The summed E-state index contributed by atoms with van der Waals surface area (Å²) in [5, 5.41) is 0. The summed E-state index contributed by atoms with van der Waals surface area (Å²) in [6.45, 7) is 0. The van der Waals surface area contributed by atoms with Gasteiger partial charge < -0.3 is 5.73 Å². The molecule has 0 aliphatic rings. The van der Waals surface area contributed by atoms with Gasteiger partial charge in [0.2, 0.25) is 0 Å². The van der Waals surface area contributed by atoms with E-state index in [0.29, 0.717) is 0 Å². The van der Waals surface area contributed by atoms with E-state index in [1.807, 2.05) is 36.4 Å². The molecule has 0 bridgehead atoms. The molecule has 2 amide bonds. The zero-order valence-corrected chi connectivity index (χ0v) is 6.62. The third-order valence-electron chi connectivity index (χ3n) is 0.757. The summed E-state index contributed by atoms with van der Waals surface area (Å²) in [5.41, 5.74) is 4.38. The molecule has 0 aliphatic carbocycles. The molecule has 4 heteroatoms. The highest BCUT2D eigenvalue weighted by atomic mass is 32.1. The Morgan fingerprint density at radius 1 is 1.09 bits per heavy atom. The summed E-state index contributed by atoms with van der Waals surface area (Å²) in [4.78, 5) is 9.32. The number of urea groups is 1. The number of nitrogens with two attached hydrogens (primary N) is 1. The molecule has 3 nitrogen and oxygen atoms in total. The van der Waals surface area contributed by atoms with Crippen LogP contribution in [0.1, 0.15) is 0 Å². The molecule has 0 atom stereocenters. The minimum atomic E-state index is -0.806. The van der Waals surface area contributed by atoms with Crippen LogP contribution in [0.2, 0.25) is 0 Å². The van der Waals surface area contributed by atoms with Crippen molar-refractivity contribution in [2.24, 2.45) is 10.1 Å². The lowest BCUT2D eigenvalue weighted by atomic mass is 10.4. The molecule has 2 N–H and O–H groups in total. The first-order valence-electron chi connectivity index (χ1n) is 2.90. The fourth-order valence-electron chi connectivity index (χ4n) is 0.385. The zero-order valence-electron chi connectivity index (χ0n) is 5.81. The molecule has 0 aliphatic heterocycles. The van der Waals surface area contributed by atoms with Crippen molar-refractivity contribution in [1.29, 1.82) is 0 Å². The first-order chi connectivity index (χ1) is 5.27. The summed E-state index contributed by atoms with van der Waals surface area (Å²) < 4.78 is 2.61. The zero-order chi connectivity index (χ0) is 8.53. The van der Waals surface area contributed by atoms with E-state index >= 15 is 0 Å². The summed E-state index contributed by atoms with van der Waals surface area (Å²) in [6, 6.07) is 11.2. The second kappa shape index (κ2) is 6.82. The number of amides is 2. The van der Waals surface area contributed by atoms with E-state index in [0.717, 1.165) is 0 Å². The second-order valence-electron chi connectivity index (χ2n) is 1.58. The van der Waals surface area contributed by atoms with Crippen LogP contribution in [-0.4, -0.2) is 6.03 Å². The monoisotopic (exact) mass is 168 g/mol. The van der Waals surface area contributed by atoms with Crippen LogP contribution in [0.15, 0.2) is 40.8 Å². The summed E-state index contributed by atoms with van der Waals surface area (Å²) in [5.74, 6) is 0. The molecule has 0 aromatic heterocycles. The Morgan fingerprint density at radius 2 is 1.27 bits per heavy atom. The SMILES string of the molecule is NC(=O)N=S.c1ccccc1. The van der Waals surface area contributed by atoms with Crippen LogP contribution in [0, 0.1) is 0 Å². The average Bonchev–Trinajstić information content (AvgIpc) is 2.09. The van der Waals surface area contributed by atoms with Crippen molar-refractivity contribution >= 4 is 18.5 Å². The molecule has 1 aromatic rings. The van der Waals surface area contributed by atoms with Crippen molar-refractivity contribution in [3.05, 3.63) is 36.4 Å². The van der Waals surface area contributed by atoms with E-state index in [4.69, 9.17) is 0 Å². The molecule has 58 valence electrons. The van der Waals surface area contributed by atoms with Crippen molar-refractivity contribution in [1.82, 2.24) is 0 Å². The van der Waals surface area contributed by atoms with Gasteiger partial charge in [0.1, 0.15) is 0 Å². The number of rotatable bonds is 0. The smallest absolute Gasteiger partial charge is 0.349 e. The van der Waals surface area contributed by atoms with Crippen molar-refractivity contribution in [3.8, 4) is 0 Å². The highest BCUT2D eigenvalue weighted by Crippen LogP contribution is 1.79. The maximum atomic E-state index is 9.32. The molecule has 0 unspecified atom stereocenters. The predicted octanol–water partition coefficient (Wildman–Crippen LogP) is 1.48. The Labute approximate surface area is 70.4 Å². The molecular formula is C7H8N2OS. The number of primary amides is 1. The lowest BCUT2D eigenvalue weighted by Crippen LogP contribution is -2.01. The number of carbonyl (C=O) groups is 1. The van der Waals surface area contributed by atoms with E-state index in [1.165, 1.54) is 0 Å². The Bertz CT molecular complexity index is 186. The minimum Gasteiger partial charge on any atom is -0.349 e. The van der Waals surface area contributed by atoms with Crippen LogP contribution in [0.4, 0.5) is 4.79 Å². The van der Waals surface area contributed by atoms with Gasteiger partial charge in [-0.15, -0.1) is 4.36 Å². The largest absolute Gasteiger partial charge is 0.349 e. The van der Waals surface area contributed by atoms with Crippen LogP contribution in [0.25, 0.3) is 0 Å². The van der Waals surface area contributed by atoms with Crippen molar-refractivity contribution < 1.29 is 4.79 Å². The van der Waals surface area contributed by atoms with E-state index < -0.39 is 6.03 Å².